The van der Waals surface area contributed by atoms with Crippen LogP contribution in [0.1, 0.15) is 38.5 Å². The minimum Gasteiger partial charge on any atom is -0.330 e. The van der Waals surface area contributed by atoms with Crippen LogP contribution < -0.4 is 5.73 Å². The number of alkyl halides is 3. The van der Waals surface area contributed by atoms with E-state index in [0.29, 0.717) is 19.5 Å². The van der Waals surface area contributed by atoms with Gasteiger partial charge in [0, 0.05) is 19.0 Å². The van der Waals surface area contributed by atoms with Crippen LogP contribution in [0.2, 0.25) is 0 Å². The van der Waals surface area contributed by atoms with Gasteiger partial charge >= 0.3 is 6.18 Å². The Morgan fingerprint density at radius 2 is 1.84 bits per heavy atom. The minimum absolute atomic E-state index is 0.0394. The maximum Gasteiger partial charge on any atom is 0.389 e. The molecule has 0 saturated heterocycles. The van der Waals surface area contributed by atoms with Gasteiger partial charge in [-0.1, -0.05) is 6.42 Å². The van der Waals surface area contributed by atoms with Gasteiger partial charge in [-0.25, -0.2) is 8.42 Å². The Kier molecular flexibility index (Phi) is 6.07. The molecular weight excluding hydrogens is 281 g/mol. The Bertz CT molecular complexity index is 367. The molecule has 2 N–H and O–H groups in total. The summed E-state index contributed by atoms with van der Waals surface area (Å²) in [5.74, 6) is -0.437. The van der Waals surface area contributed by atoms with Gasteiger partial charge in [-0.3, -0.25) is 0 Å². The standard InChI is InChI=1S/C11H21F3N2O2S/c12-11(13,14)6-2-9-19(17,18)16(8-3-7-15)10-4-1-5-10/h10H,1-9,15H2. The number of hydrogen-bond donors (Lipinski definition) is 1. The van der Waals surface area contributed by atoms with Gasteiger partial charge in [0.25, 0.3) is 0 Å². The van der Waals surface area contributed by atoms with E-state index in [-0.39, 0.29) is 12.5 Å². The average Bonchev–Trinajstić information content (AvgIpc) is 2.18. The van der Waals surface area contributed by atoms with Crippen molar-refractivity contribution in [1.82, 2.24) is 4.31 Å². The number of hydrogen-bond acceptors (Lipinski definition) is 3. The maximum atomic E-state index is 12.1. The zero-order valence-electron chi connectivity index (χ0n) is 10.8. The molecule has 0 atom stereocenters. The summed E-state index contributed by atoms with van der Waals surface area (Å²) in [5, 5.41) is 0. The first-order valence-electron chi connectivity index (χ1n) is 6.52. The molecule has 0 bridgehead atoms. The van der Waals surface area contributed by atoms with E-state index in [1.54, 1.807) is 0 Å². The summed E-state index contributed by atoms with van der Waals surface area (Å²) in [5.41, 5.74) is 5.37. The van der Waals surface area contributed by atoms with Crippen LogP contribution >= 0.6 is 0 Å². The molecule has 0 radical (unpaired) electrons. The topological polar surface area (TPSA) is 63.4 Å². The van der Waals surface area contributed by atoms with Gasteiger partial charge in [0.1, 0.15) is 0 Å². The molecule has 19 heavy (non-hydrogen) atoms. The Hall–Kier alpha value is -0.340. The third kappa shape index (κ3) is 5.66. The Balaban J connectivity index is 2.54. The summed E-state index contributed by atoms with van der Waals surface area (Å²) >= 11 is 0. The molecule has 0 aromatic heterocycles. The second-order valence-corrected chi connectivity index (χ2v) is 6.91. The van der Waals surface area contributed by atoms with E-state index >= 15 is 0 Å². The fourth-order valence-electron chi connectivity index (χ4n) is 2.04. The molecule has 8 heteroatoms. The summed E-state index contributed by atoms with van der Waals surface area (Å²) in [6.45, 7) is 0.691. The Labute approximate surface area is 112 Å². The normalized spacial score (nSPS) is 17.7. The van der Waals surface area contributed by atoms with E-state index in [1.165, 1.54) is 4.31 Å². The first-order valence-corrected chi connectivity index (χ1v) is 8.13. The number of rotatable bonds is 8. The number of halogens is 3. The fraction of sp³-hybridized carbons (Fsp3) is 1.00. The van der Waals surface area contributed by atoms with Crippen molar-refractivity contribution in [1.29, 1.82) is 0 Å². The van der Waals surface area contributed by atoms with Gasteiger partial charge in [-0.05, 0) is 32.2 Å². The molecule has 1 saturated carbocycles. The molecule has 4 nitrogen and oxygen atoms in total. The summed E-state index contributed by atoms with van der Waals surface area (Å²) in [7, 11) is -3.60. The van der Waals surface area contributed by atoms with Crippen LogP contribution in [0.4, 0.5) is 13.2 Å². The van der Waals surface area contributed by atoms with Crippen molar-refractivity contribution in [3.05, 3.63) is 0 Å². The molecule has 1 aliphatic carbocycles. The van der Waals surface area contributed by atoms with Crippen LogP contribution in [-0.2, 0) is 10.0 Å². The van der Waals surface area contributed by atoms with Crippen molar-refractivity contribution in [2.75, 3.05) is 18.8 Å². The van der Waals surface area contributed by atoms with E-state index in [0.717, 1.165) is 19.3 Å². The van der Waals surface area contributed by atoms with Crippen molar-refractivity contribution in [2.24, 2.45) is 5.73 Å². The van der Waals surface area contributed by atoms with Gasteiger partial charge in [0.2, 0.25) is 10.0 Å². The molecule has 114 valence electrons. The van der Waals surface area contributed by atoms with E-state index in [1.807, 2.05) is 0 Å². The molecule has 1 fully saturated rings. The van der Waals surface area contributed by atoms with Crippen molar-refractivity contribution in [2.45, 2.75) is 50.7 Å². The molecule has 0 aromatic rings. The number of nitrogens with two attached hydrogens (primary N) is 1. The predicted octanol–water partition coefficient (Wildman–Crippen LogP) is 1.86. The second kappa shape index (κ2) is 6.90. The Morgan fingerprint density at radius 1 is 1.21 bits per heavy atom. The lowest BCUT2D eigenvalue weighted by Gasteiger charge is -2.36. The molecule has 0 unspecified atom stereocenters. The van der Waals surface area contributed by atoms with E-state index in [2.05, 4.69) is 0 Å². The lowest BCUT2D eigenvalue weighted by molar-refractivity contribution is -0.134. The second-order valence-electron chi connectivity index (χ2n) is 4.87. The fourth-order valence-corrected chi connectivity index (χ4v) is 3.86. The Morgan fingerprint density at radius 3 is 2.26 bits per heavy atom. The highest BCUT2D eigenvalue weighted by Crippen LogP contribution is 2.28. The van der Waals surface area contributed by atoms with Gasteiger partial charge in [0.15, 0.2) is 0 Å². The average molecular weight is 302 g/mol. The third-order valence-electron chi connectivity index (χ3n) is 3.28. The SMILES string of the molecule is NCCCN(C1CCC1)S(=O)(=O)CCCC(F)(F)F. The lowest BCUT2D eigenvalue weighted by atomic mass is 9.93. The highest BCUT2D eigenvalue weighted by atomic mass is 32.2. The lowest BCUT2D eigenvalue weighted by Crippen LogP contribution is -2.46. The zero-order valence-corrected chi connectivity index (χ0v) is 11.6. The van der Waals surface area contributed by atoms with Crippen LogP contribution in [0.3, 0.4) is 0 Å². The molecule has 1 rings (SSSR count). The zero-order chi connectivity index (χ0) is 14.5. The number of sulfonamides is 1. The minimum atomic E-state index is -4.30. The van der Waals surface area contributed by atoms with E-state index in [9.17, 15) is 21.6 Å². The molecule has 0 spiro atoms. The highest BCUT2D eigenvalue weighted by Gasteiger charge is 2.34. The molecule has 0 aliphatic heterocycles. The van der Waals surface area contributed by atoms with Crippen molar-refractivity contribution in [3.8, 4) is 0 Å². The van der Waals surface area contributed by atoms with Gasteiger partial charge < -0.3 is 5.73 Å². The summed E-state index contributed by atoms with van der Waals surface area (Å²) in [4.78, 5) is 0. The molecular formula is C11H21F3N2O2S. The third-order valence-corrected chi connectivity index (χ3v) is 5.28. The quantitative estimate of drug-likeness (QED) is 0.744. The molecule has 0 heterocycles. The van der Waals surface area contributed by atoms with Gasteiger partial charge in [-0.2, -0.15) is 17.5 Å². The largest absolute Gasteiger partial charge is 0.389 e. The van der Waals surface area contributed by atoms with Crippen molar-refractivity contribution < 1.29 is 21.6 Å². The van der Waals surface area contributed by atoms with Gasteiger partial charge in [0.05, 0.1) is 5.75 Å². The van der Waals surface area contributed by atoms with Crippen LogP contribution in [0.15, 0.2) is 0 Å². The van der Waals surface area contributed by atoms with Crippen LogP contribution in [0.5, 0.6) is 0 Å². The first-order chi connectivity index (χ1) is 8.76. The van der Waals surface area contributed by atoms with Crippen LogP contribution in [0, 0.1) is 0 Å². The van der Waals surface area contributed by atoms with E-state index < -0.39 is 28.4 Å². The van der Waals surface area contributed by atoms with Crippen LogP contribution in [-0.4, -0.2) is 43.8 Å². The molecule has 0 amide bonds. The first kappa shape index (κ1) is 16.7. The summed E-state index contributed by atoms with van der Waals surface area (Å²) < 4.78 is 61.6. The number of nitrogens with zero attached hydrogens (tertiary/aromatic N) is 1. The predicted molar refractivity (Wildman–Crippen MR) is 67.1 cm³/mol. The smallest absolute Gasteiger partial charge is 0.330 e. The van der Waals surface area contributed by atoms with Crippen molar-refractivity contribution in [3.63, 3.8) is 0 Å². The molecule has 1 aliphatic rings. The maximum absolute atomic E-state index is 12.1. The van der Waals surface area contributed by atoms with Crippen LogP contribution in [0.25, 0.3) is 0 Å². The summed E-state index contributed by atoms with van der Waals surface area (Å²) in [6, 6.07) is -0.0394. The van der Waals surface area contributed by atoms with Crippen molar-refractivity contribution >= 4 is 10.0 Å². The monoisotopic (exact) mass is 302 g/mol. The van der Waals surface area contributed by atoms with Gasteiger partial charge in [-0.15, -0.1) is 0 Å². The molecule has 0 aromatic carbocycles. The highest BCUT2D eigenvalue weighted by molar-refractivity contribution is 7.89. The summed E-state index contributed by atoms with van der Waals surface area (Å²) in [6.07, 6.45) is -2.63. The van der Waals surface area contributed by atoms with E-state index in [4.69, 9.17) is 5.73 Å².